The summed E-state index contributed by atoms with van der Waals surface area (Å²) < 4.78 is 5.17. The number of nitrogens with one attached hydrogen (secondary N) is 1. The molecule has 1 amide bonds. The molecule has 0 unspecified atom stereocenters. The Labute approximate surface area is 117 Å². The van der Waals surface area contributed by atoms with Crippen LogP contribution in [0.5, 0.6) is 0 Å². The summed E-state index contributed by atoms with van der Waals surface area (Å²) >= 11 is 0. The fourth-order valence-corrected chi connectivity index (χ4v) is 1.53. The van der Waals surface area contributed by atoms with Gasteiger partial charge in [-0.2, -0.15) is 0 Å². The van der Waals surface area contributed by atoms with Crippen molar-refractivity contribution in [3.05, 3.63) is 34.9 Å². The van der Waals surface area contributed by atoms with Crippen LogP contribution in [0.1, 0.15) is 51.3 Å². The summed E-state index contributed by atoms with van der Waals surface area (Å²) in [6.07, 6.45) is -0.377. The summed E-state index contributed by atoms with van der Waals surface area (Å²) in [5.41, 5.74) is 3.07. The van der Waals surface area contributed by atoms with Crippen molar-refractivity contribution in [1.82, 2.24) is 5.32 Å². The molecule has 19 heavy (non-hydrogen) atoms. The Hall–Kier alpha value is -1.51. The van der Waals surface area contributed by atoms with Gasteiger partial charge < -0.3 is 10.1 Å². The van der Waals surface area contributed by atoms with E-state index < -0.39 is 5.60 Å². The molecule has 0 saturated carbocycles. The van der Waals surface area contributed by atoms with Gasteiger partial charge in [-0.1, -0.05) is 37.6 Å². The predicted octanol–water partition coefficient (Wildman–Crippen LogP) is 4.35. The van der Waals surface area contributed by atoms with Gasteiger partial charge in [0.15, 0.2) is 0 Å². The zero-order valence-corrected chi connectivity index (χ0v) is 13.3. The lowest BCUT2D eigenvalue weighted by Crippen LogP contribution is -2.32. The average molecular weight is 265 g/mol. The summed E-state index contributed by atoms with van der Waals surface area (Å²) in [6.45, 7) is 14.1. The van der Waals surface area contributed by atoms with E-state index in [0.29, 0.717) is 6.54 Å². The van der Waals surface area contributed by atoms with Crippen molar-refractivity contribution in [1.29, 1.82) is 0 Å². The maximum Gasteiger partial charge on any atom is 0.407 e. The second-order valence-corrected chi connectivity index (χ2v) is 5.29. The fraction of sp³-hybridized carbons (Fsp3) is 0.562. The van der Waals surface area contributed by atoms with Gasteiger partial charge in [0, 0.05) is 6.54 Å². The molecule has 1 aromatic carbocycles. The van der Waals surface area contributed by atoms with Crippen LogP contribution >= 0.6 is 0 Å². The summed E-state index contributed by atoms with van der Waals surface area (Å²) in [5.74, 6) is 0. The molecule has 0 heterocycles. The lowest BCUT2D eigenvalue weighted by molar-refractivity contribution is 0.0523. The minimum atomic E-state index is -0.452. The zero-order valence-electron chi connectivity index (χ0n) is 13.3. The van der Waals surface area contributed by atoms with Crippen molar-refractivity contribution in [2.45, 2.75) is 60.6 Å². The number of carbonyl (C=O) groups excluding carboxylic acids is 1. The van der Waals surface area contributed by atoms with Crippen LogP contribution in [-0.4, -0.2) is 11.7 Å². The van der Waals surface area contributed by atoms with Gasteiger partial charge in [0.2, 0.25) is 0 Å². The maximum absolute atomic E-state index is 11.5. The Balaban J connectivity index is 0.00000154. The number of carbonyl (C=O) groups is 1. The third-order valence-electron chi connectivity index (χ3n) is 2.32. The van der Waals surface area contributed by atoms with Gasteiger partial charge >= 0.3 is 6.09 Å². The Morgan fingerprint density at radius 3 is 2.26 bits per heavy atom. The Kier molecular flexibility index (Phi) is 7.20. The van der Waals surface area contributed by atoms with E-state index in [1.165, 1.54) is 11.1 Å². The number of benzene rings is 1. The first-order chi connectivity index (χ1) is 8.78. The minimum absolute atomic E-state index is 0.377. The number of aryl methyl sites for hydroxylation is 2. The monoisotopic (exact) mass is 265 g/mol. The van der Waals surface area contributed by atoms with Gasteiger partial charge in [0.25, 0.3) is 0 Å². The SMILES string of the molecule is CC.Cc1ccc(CNC(=O)OC(C)(C)C)c(C)c1. The van der Waals surface area contributed by atoms with E-state index in [9.17, 15) is 4.79 Å². The summed E-state index contributed by atoms with van der Waals surface area (Å²) in [7, 11) is 0. The lowest BCUT2D eigenvalue weighted by Gasteiger charge is -2.20. The van der Waals surface area contributed by atoms with Crippen molar-refractivity contribution in [2.75, 3.05) is 0 Å². The normalized spacial score (nSPS) is 10.3. The topological polar surface area (TPSA) is 38.3 Å². The van der Waals surface area contributed by atoms with Crippen LogP contribution in [0.4, 0.5) is 4.79 Å². The summed E-state index contributed by atoms with van der Waals surface area (Å²) in [5, 5.41) is 2.75. The molecule has 1 aromatic rings. The summed E-state index contributed by atoms with van der Waals surface area (Å²) in [6, 6.07) is 6.17. The zero-order chi connectivity index (χ0) is 15.1. The molecule has 1 rings (SSSR count). The van der Waals surface area contributed by atoms with Crippen LogP contribution in [0.2, 0.25) is 0 Å². The molecule has 108 valence electrons. The maximum atomic E-state index is 11.5. The highest BCUT2D eigenvalue weighted by atomic mass is 16.6. The molecule has 0 atom stereocenters. The highest BCUT2D eigenvalue weighted by Gasteiger charge is 2.15. The molecule has 0 fully saturated rings. The standard InChI is InChI=1S/C14H21NO2.C2H6/c1-10-6-7-12(11(2)8-10)9-15-13(16)17-14(3,4)5;1-2/h6-8H,9H2,1-5H3,(H,15,16);1-2H3. The Morgan fingerprint density at radius 1 is 1.21 bits per heavy atom. The van der Waals surface area contributed by atoms with E-state index in [0.717, 1.165) is 5.56 Å². The third-order valence-corrected chi connectivity index (χ3v) is 2.32. The van der Waals surface area contributed by atoms with E-state index in [2.05, 4.69) is 18.3 Å². The molecule has 0 saturated heterocycles. The first-order valence-electron chi connectivity index (χ1n) is 6.81. The first kappa shape index (κ1) is 17.5. The van der Waals surface area contributed by atoms with Gasteiger partial charge in [0.05, 0.1) is 0 Å². The van der Waals surface area contributed by atoms with Crippen molar-refractivity contribution in [3.8, 4) is 0 Å². The molecule has 0 bridgehead atoms. The second-order valence-electron chi connectivity index (χ2n) is 5.29. The molecule has 1 N–H and O–H groups in total. The molecular weight excluding hydrogens is 238 g/mol. The van der Waals surface area contributed by atoms with E-state index in [1.807, 2.05) is 53.7 Å². The molecule has 0 radical (unpaired) electrons. The van der Waals surface area contributed by atoms with Crippen LogP contribution in [0, 0.1) is 13.8 Å². The minimum Gasteiger partial charge on any atom is -0.444 e. The number of ether oxygens (including phenoxy) is 1. The molecule has 0 aliphatic heterocycles. The molecule has 3 heteroatoms. The number of hydrogen-bond acceptors (Lipinski definition) is 2. The van der Waals surface area contributed by atoms with Crippen LogP contribution in [0.3, 0.4) is 0 Å². The lowest BCUT2D eigenvalue weighted by atomic mass is 10.1. The van der Waals surface area contributed by atoms with E-state index in [-0.39, 0.29) is 6.09 Å². The van der Waals surface area contributed by atoms with Crippen LogP contribution < -0.4 is 5.32 Å². The van der Waals surface area contributed by atoms with Gasteiger partial charge in [0.1, 0.15) is 5.60 Å². The first-order valence-corrected chi connectivity index (χ1v) is 6.81. The average Bonchev–Trinajstić information content (AvgIpc) is 2.28. The van der Waals surface area contributed by atoms with Crippen molar-refractivity contribution in [3.63, 3.8) is 0 Å². The van der Waals surface area contributed by atoms with Gasteiger partial charge in [-0.3, -0.25) is 0 Å². The predicted molar refractivity (Wildman–Crippen MR) is 80.3 cm³/mol. The molecule has 0 aliphatic rings. The van der Waals surface area contributed by atoms with E-state index in [4.69, 9.17) is 4.74 Å². The Morgan fingerprint density at radius 2 is 1.79 bits per heavy atom. The van der Waals surface area contributed by atoms with Crippen molar-refractivity contribution >= 4 is 6.09 Å². The second kappa shape index (κ2) is 7.82. The molecule has 0 aliphatic carbocycles. The summed E-state index contributed by atoms with van der Waals surface area (Å²) in [4.78, 5) is 11.5. The molecule has 3 nitrogen and oxygen atoms in total. The highest BCUT2D eigenvalue weighted by Crippen LogP contribution is 2.11. The van der Waals surface area contributed by atoms with Crippen LogP contribution in [-0.2, 0) is 11.3 Å². The molecule has 0 aromatic heterocycles. The largest absolute Gasteiger partial charge is 0.444 e. The molecule has 0 spiro atoms. The number of alkyl carbamates (subject to hydrolysis) is 1. The number of rotatable bonds is 2. The quantitative estimate of drug-likeness (QED) is 0.863. The smallest absolute Gasteiger partial charge is 0.407 e. The van der Waals surface area contributed by atoms with Gasteiger partial charge in [-0.05, 0) is 45.7 Å². The van der Waals surface area contributed by atoms with Crippen LogP contribution in [0.25, 0.3) is 0 Å². The third kappa shape index (κ3) is 7.50. The van der Waals surface area contributed by atoms with Gasteiger partial charge in [-0.25, -0.2) is 4.79 Å². The molecular formula is C16H27NO2. The van der Waals surface area contributed by atoms with Crippen LogP contribution in [0.15, 0.2) is 18.2 Å². The van der Waals surface area contributed by atoms with E-state index in [1.54, 1.807) is 0 Å². The van der Waals surface area contributed by atoms with Gasteiger partial charge in [-0.15, -0.1) is 0 Å². The van der Waals surface area contributed by atoms with E-state index >= 15 is 0 Å². The van der Waals surface area contributed by atoms with Crippen molar-refractivity contribution < 1.29 is 9.53 Å². The number of hydrogen-bond donors (Lipinski definition) is 1. The fourth-order valence-electron chi connectivity index (χ4n) is 1.53. The van der Waals surface area contributed by atoms with Crippen molar-refractivity contribution in [2.24, 2.45) is 0 Å². The number of amides is 1. The Bertz CT molecular complexity index is 406. The highest BCUT2D eigenvalue weighted by molar-refractivity contribution is 5.67.